The number of halogens is 2. The van der Waals surface area contributed by atoms with Crippen LogP contribution in [0, 0.1) is 0 Å². The van der Waals surface area contributed by atoms with Crippen LogP contribution in [0.15, 0.2) is 41.0 Å². The van der Waals surface area contributed by atoms with E-state index in [1.165, 1.54) is 0 Å². The average molecular weight is 356 g/mol. The fraction of sp³-hybridized carbons (Fsp3) is 0.267. The molecule has 3 nitrogen and oxygen atoms in total. The molecule has 2 aromatic rings. The third kappa shape index (κ3) is 4.47. The van der Waals surface area contributed by atoms with Crippen molar-refractivity contribution in [3.8, 4) is 11.6 Å². The quantitative estimate of drug-likeness (QED) is 0.757. The number of pyridine rings is 1. The van der Waals surface area contributed by atoms with Crippen LogP contribution in [0.25, 0.3) is 0 Å². The predicted molar refractivity (Wildman–Crippen MR) is 85.5 cm³/mol. The molecule has 1 aromatic heterocycles. The molecule has 106 valence electrons. The molecule has 1 heterocycles. The van der Waals surface area contributed by atoms with Crippen molar-refractivity contribution in [2.45, 2.75) is 19.9 Å². The summed E-state index contributed by atoms with van der Waals surface area (Å²) in [7, 11) is 0. The maximum Gasteiger partial charge on any atom is 0.219 e. The van der Waals surface area contributed by atoms with Crippen LogP contribution in [0.5, 0.6) is 11.6 Å². The summed E-state index contributed by atoms with van der Waals surface area (Å²) in [5, 5.41) is 3.97. The number of hydrogen-bond donors (Lipinski definition) is 1. The molecule has 0 spiro atoms. The first-order valence-electron chi connectivity index (χ1n) is 6.47. The summed E-state index contributed by atoms with van der Waals surface area (Å²) < 4.78 is 6.73. The Labute approximate surface area is 132 Å². The van der Waals surface area contributed by atoms with Crippen molar-refractivity contribution in [2.24, 2.45) is 0 Å². The second kappa shape index (κ2) is 7.62. The molecule has 2 rings (SSSR count). The molecule has 20 heavy (non-hydrogen) atoms. The minimum Gasteiger partial charge on any atom is -0.439 e. The lowest BCUT2D eigenvalue weighted by Crippen LogP contribution is -2.14. The summed E-state index contributed by atoms with van der Waals surface area (Å²) in [5.74, 6) is 1.29. The van der Waals surface area contributed by atoms with Crippen molar-refractivity contribution >= 4 is 27.5 Å². The Balaban J connectivity index is 2.08. The number of hydrogen-bond acceptors (Lipinski definition) is 3. The monoisotopic (exact) mass is 354 g/mol. The molecule has 0 aliphatic heterocycles. The molecule has 0 amide bonds. The van der Waals surface area contributed by atoms with E-state index < -0.39 is 0 Å². The molecule has 0 saturated carbocycles. The van der Waals surface area contributed by atoms with E-state index in [4.69, 9.17) is 16.3 Å². The maximum absolute atomic E-state index is 6.13. The van der Waals surface area contributed by atoms with Gasteiger partial charge in [0, 0.05) is 23.3 Å². The van der Waals surface area contributed by atoms with E-state index >= 15 is 0 Å². The molecule has 0 unspecified atom stereocenters. The molecule has 0 radical (unpaired) electrons. The van der Waals surface area contributed by atoms with Gasteiger partial charge in [0.2, 0.25) is 5.88 Å². The van der Waals surface area contributed by atoms with Gasteiger partial charge < -0.3 is 10.1 Å². The van der Waals surface area contributed by atoms with Gasteiger partial charge in [-0.3, -0.25) is 0 Å². The molecule has 0 aliphatic rings. The van der Waals surface area contributed by atoms with Crippen molar-refractivity contribution in [3.05, 3.63) is 51.6 Å². The molecule has 1 N–H and O–H groups in total. The van der Waals surface area contributed by atoms with Crippen LogP contribution in [0.1, 0.15) is 18.9 Å². The lowest BCUT2D eigenvalue weighted by Gasteiger charge is -2.09. The highest BCUT2D eigenvalue weighted by atomic mass is 79.9. The smallest absolute Gasteiger partial charge is 0.219 e. The fourth-order valence-corrected chi connectivity index (χ4v) is 2.11. The average Bonchev–Trinajstić information content (AvgIpc) is 2.45. The first-order valence-corrected chi connectivity index (χ1v) is 7.64. The summed E-state index contributed by atoms with van der Waals surface area (Å²) >= 11 is 9.53. The summed E-state index contributed by atoms with van der Waals surface area (Å²) in [4.78, 5) is 4.19. The van der Waals surface area contributed by atoms with Gasteiger partial charge in [-0.15, -0.1) is 0 Å². The molecule has 0 atom stereocenters. The number of nitrogens with zero attached hydrogens (tertiary/aromatic N) is 1. The van der Waals surface area contributed by atoms with Crippen LogP contribution >= 0.6 is 27.5 Å². The minimum atomic E-state index is 0.546. The second-order valence-corrected chi connectivity index (χ2v) is 5.67. The van der Waals surface area contributed by atoms with Gasteiger partial charge in [-0.1, -0.05) is 34.5 Å². The third-order valence-corrected chi connectivity index (χ3v) is 3.56. The Morgan fingerprint density at radius 2 is 2.05 bits per heavy atom. The van der Waals surface area contributed by atoms with Gasteiger partial charge in [0.25, 0.3) is 0 Å². The maximum atomic E-state index is 6.13. The van der Waals surface area contributed by atoms with E-state index in [2.05, 4.69) is 33.2 Å². The molecule has 5 heteroatoms. The van der Waals surface area contributed by atoms with Gasteiger partial charge in [0.05, 0.1) is 5.02 Å². The largest absolute Gasteiger partial charge is 0.439 e. The number of rotatable bonds is 6. The lowest BCUT2D eigenvalue weighted by atomic mass is 10.2. The van der Waals surface area contributed by atoms with Gasteiger partial charge in [-0.05, 0) is 42.8 Å². The summed E-state index contributed by atoms with van der Waals surface area (Å²) in [6, 6.07) is 9.49. The highest BCUT2D eigenvalue weighted by Crippen LogP contribution is 2.25. The molecule has 0 aliphatic carbocycles. The Morgan fingerprint density at radius 3 is 2.75 bits per heavy atom. The van der Waals surface area contributed by atoms with E-state index in [1.54, 1.807) is 6.20 Å². The van der Waals surface area contributed by atoms with Gasteiger partial charge in [0.1, 0.15) is 5.75 Å². The van der Waals surface area contributed by atoms with E-state index in [1.807, 2.05) is 30.3 Å². The van der Waals surface area contributed by atoms with Crippen molar-refractivity contribution in [1.82, 2.24) is 10.3 Å². The fourth-order valence-electron chi connectivity index (χ4n) is 1.67. The van der Waals surface area contributed by atoms with Crippen LogP contribution in [0.2, 0.25) is 5.02 Å². The molecule has 1 aromatic carbocycles. The van der Waals surface area contributed by atoms with E-state index in [0.717, 1.165) is 28.8 Å². The molecule has 0 bridgehead atoms. The number of nitrogens with one attached hydrogen (secondary N) is 1. The van der Waals surface area contributed by atoms with Crippen LogP contribution < -0.4 is 10.1 Å². The van der Waals surface area contributed by atoms with Crippen molar-refractivity contribution in [1.29, 1.82) is 0 Å². The third-order valence-electron chi connectivity index (χ3n) is 2.69. The van der Waals surface area contributed by atoms with Crippen molar-refractivity contribution in [2.75, 3.05) is 6.54 Å². The number of aromatic nitrogens is 1. The zero-order valence-electron chi connectivity index (χ0n) is 11.2. The summed E-state index contributed by atoms with van der Waals surface area (Å²) in [5.41, 5.74) is 0.988. The first kappa shape index (κ1) is 15.3. The number of ether oxygens (including phenoxy) is 1. The second-order valence-electron chi connectivity index (χ2n) is 4.35. The van der Waals surface area contributed by atoms with E-state index in [-0.39, 0.29) is 0 Å². The Bertz CT molecular complexity index is 560. The van der Waals surface area contributed by atoms with Gasteiger partial charge in [0.15, 0.2) is 0 Å². The van der Waals surface area contributed by atoms with E-state index in [0.29, 0.717) is 17.4 Å². The van der Waals surface area contributed by atoms with Crippen LogP contribution in [-0.2, 0) is 6.54 Å². The van der Waals surface area contributed by atoms with Crippen molar-refractivity contribution < 1.29 is 4.74 Å². The topological polar surface area (TPSA) is 34.1 Å². The summed E-state index contributed by atoms with van der Waals surface area (Å²) in [6.07, 6.45) is 2.71. The summed E-state index contributed by atoms with van der Waals surface area (Å²) in [6.45, 7) is 3.80. The normalized spacial score (nSPS) is 10.6. The zero-order chi connectivity index (χ0) is 14.4. The van der Waals surface area contributed by atoms with Crippen LogP contribution in [0.3, 0.4) is 0 Å². The highest BCUT2D eigenvalue weighted by molar-refractivity contribution is 9.10. The molecular weight excluding hydrogens is 340 g/mol. The minimum absolute atomic E-state index is 0.546. The van der Waals surface area contributed by atoms with Gasteiger partial charge in [-0.25, -0.2) is 4.98 Å². The Morgan fingerprint density at radius 1 is 1.30 bits per heavy atom. The lowest BCUT2D eigenvalue weighted by molar-refractivity contribution is 0.461. The van der Waals surface area contributed by atoms with Crippen LogP contribution in [-0.4, -0.2) is 11.5 Å². The Hall–Kier alpha value is -1.10. The number of benzene rings is 1. The zero-order valence-corrected chi connectivity index (χ0v) is 13.5. The SMILES string of the molecule is CCCNCc1cc(Oc2ccc(Br)cc2)ncc1Cl. The molecule has 0 fully saturated rings. The van der Waals surface area contributed by atoms with Crippen molar-refractivity contribution in [3.63, 3.8) is 0 Å². The predicted octanol–water partition coefficient (Wildman–Crippen LogP) is 4.79. The first-order chi connectivity index (χ1) is 9.69. The molecule has 0 saturated heterocycles. The highest BCUT2D eigenvalue weighted by Gasteiger charge is 2.05. The molecular formula is C15H16BrClN2O. The van der Waals surface area contributed by atoms with Crippen LogP contribution in [0.4, 0.5) is 0 Å². The van der Waals surface area contributed by atoms with Gasteiger partial charge >= 0.3 is 0 Å². The standard InChI is InChI=1S/C15H16BrClN2O/c1-2-7-18-9-11-8-15(19-10-14(11)17)20-13-5-3-12(16)4-6-13/h3-6,8,10,18H,2,7,9H2,1H3. The Kier molecular flexibility index (Phi) is 5.83. The van der Waals surface area contributed by atoms with E-state index in [9.17, 15) is 0 Å². The van der Waals surface area contributed by atoms with Gasteiger partial charge in [-0.2, -0.15) is 0 Å².